The summed E-state index contributed by atoms with van der Waals surface area (Å²) in [5, 5.41) is 9.61. The molecule has 0 spiro atoms. The second-order valence-corrected chi connectivity index (χ2v) is 3.57. The molecule has 0 saturated carbocycles. The lowest BCUT2D eigenvalue weighted by atomic mass is 10.1. The average molecular weight is 222 g/mol. The molecule has 0 aromatic rings. The summed E-state index contributed by atoms with van der Waals surface area (Å²) in [5.74, 6) is 0.492. The lowest BCUT2D eigenvalue weighted by molar-refractivity contribution is 0.140. The molecule has 1 rings (SSSR count). The number of hydrogen-bond acceptors (Lipinski definition) is 1. The van der Waals surface area contributed by atoms with Crippen LogP contribution in [0.25, 0.3) is 0 Å². The van der Waals surface area contributed by atoms with E-state index in [2.05, 4.69) is 15.9 Å². The number of hydrogen-bond donors (Lipinski definition) is 1. The van der Waals surface area contributed by atoms with Crippen LogP contribution < -0.4 is 0 Å². The topological polar surface area (TPSA) is 40.5 Å². The molecule has 64 valence electrons. The van der Waals surface area contributed by atoms with Crippen LogP contribution in [0.5, 0.6) is 0 Å². The smallest absolute Gasteiger partial charge is 0.407 e. The first kappa shape index (κ1) is 8.84. The molecule has 0 aliphatic carbocycles. The van der Waals surface area contributed by atoms with E-state index in [1.807, 2.05) is 6.92 Å². The number of nitrogens with zero attached hydrogens (tertiary/aromatic N) is 1. The van der Waals surface area contributed by atoms with E-state index in [1.54, 1.807) is 0 Å². The van der Waals surface area contributed by atoms with Crippen molar-refractivity contribution in [3.63, 3.8) is 0 Å². The minimum atomic E-state index is -0.791. The van der Waals surface area contributed by atoms with Gasteiger partial charge in [-0.15, -0.1) is 0 Å². The number of likely N-dealkylation sites (tertiary alicyclic amines) is 1. The van der Waals surface area contributed by atoms with Crippen molar-refractivity contribution in [2.75, 3.05) is 11.9 Å². The standard InChI is InChI=1S/C7H12BrNO2/c1-5-6(4-8)2-3-9(5)7(10)11/h5-6H,2-4H2,1H3,(H,10,11). The Kier molecular flexibility index (Phi) is 2.76. The zero-order valence-corrected chi connectivity index (χ0v) is 8.04. The van der Waals surface area contributed by atoms with Crippen LogP contribution in [0.1, 0.15) is 13.3 Å². The summed E-state index contributed by atoms with van der Waals surface area (Å²) in [6.45, 7) is 2.65. The van der Waals surface area contributed by atoms with Gasteiger partial charge in [-0.05, 0) is 19.3 Å². The van der Waals surface area contributed by atoms with E-state index in [4.69, 9.17) is 5.11 Å². The summed E-state index contributed by atoms with van der Waals surface area (Å²) in [6, 6.07) is 0.173. The molecule has 1 N–H and O–H groups in total. The van der Waals surface area contributed by atoms with Gasteiger partial charge in [-0.3, -0.25) is 0 Å². The summed E-state index contributed by atoms with van der Waals surface area (Å²) < 4.78 is 0. The van der Waals surface area contributed by atoms with E-state index in [1.165, 1.54) is 4.90 Å². The highest BCUT2D eigenvalue weighted by atomic mass is 79.9. The molecule has 1 aliphatic rings. The number of halogens is 1. The minimum absolute atomic E-state index is 0.173. The van der Waals surface area contributed by atoms with Crippen LogP contribution >= 0.6 is 15.9 Å². The predicted octanol–water partition coefficient (Wildman–Crippen LogP) is 1.77. The molecule has 1 saturated heterocycles. The molecule has 3 nitrogen and oxygen atoms in total. The molecule has 2 atom stereocenters. The van der Waals surface area contributed by atoms with Gasteiger partial charge in [0.2, 0.25) is 0 Å². The SMILES string of the molecule is CC1C(CBr)CCN1C(=O)O. The summed E-state index contributed by atoms with van der Waals surface area (Å²) in [7, 11) is 0. The number of carboxylic acid groups (broad SMARTS) is 1. The van der Waals surface area contributed by atoms with Crippen LogP contribution in [0.3, 0.4) is 0 Å². The van der Waals surface area contributed by atoms with Gasteiger partial charge < -0.3 is 10.0 Å². The molecular weight excluding hydrogens is 210 g/mol. The molecule has 11 heavy (non-hydrogen) atoms. The van der Waals surface area contributed by atoms with E-state index in [9.17, 15) is 4.79 Å². The van der Waals surface area contributed by atoms with Crippen molar-refractivity contribution in [1.29, 1.82) is 0 Å². The van der Waals surface area contributed by atoms with Crippen molar-refractivity contribution in [2.45, 2.75) is 19.4 Å². The normalized spacial score (nSPS) is 30.9. The zero-order valence-electron chi connectivity index (χ0n) is 6.46. The largest absolute Gasteiger partial charge is 0.465 e. The molecule has 1 heterocycles. The van der Waals surface area contributed by atoms with Gasteiger partial charge in [0.05, 0.1) is 0 Å². The van der Waals surface area contributed by atoms with Gasteiger partial charge >= 0.3 is 6.09 Å². The summed E-state index contributed by atoms with van der Waals surface area (Å²) in [5.41, 5.74) is 0. The van der Waals surface area contributed by atoms with Gasteiger partial charge in [-0.1, -0.05) is 15.9 Å². The number of alkyl halides is 1. The lowest BCUT2D eigenvalue weighted by Gasteiger charge is -2.20. The van der Waals surface area contributed by atoms with E-state index in [-0.39, 0.29) is 6.04 Å². The fourth-order valence-electron chi connectivity index (χ4n) is 1.48. The Bertz CT molecular complexity index is 163. The third-order valence-corrected chi connectivity index (χ3v) is 3.19. The number of amides is 1. The van der Waals surface area contributed by atoms with Crippen LogP contribution in [0.15, 0.2) is 0 Å². The van der Waals surface area contributed by atoms with Crippen LogP contribution in [0.2, 0.25) is 0 Å². The summed E-state index contributed by atoms with van der Waals surface area (Å²) in [4.78, 5) is 12.1. The Morgan fingerprint density at radius 1 is 1.82 bits per heavy atom. The van der Waals surface area contributed by atoms with E-state index < -0.39 is 6.09 Å². The molecule has 2 unspecified atom stereocenters. The highest BCUT2D eigenvalue weighted by Gasteiger charge is 2.32. The van der Waals surface area contributed by atoms with Gasteiger partial charge in [0.1, 0.15) is 0 Å². The molecule has 1 amide bonds. The molecule has 0 bridgehead atoms. The van der Waals surface area contributed by atoms with Gasteiger partial charge in [0, 0.05) is 17.9 Å². The third kappa shape index (κ3) is 1.67. The van der Waals surface area contributed by atoms with Crippen LogP contribution in [0, 0.1) is 5.92 Å². The molecular formula is C7H12BrNO2. The molecule has 1 aliphatic heterocycles. The van der Waals surface area contributed by atoms with Gasteiger partial charge in [-0.25, -0.2) is 4.79 Å². The predicted molar refractivity (Wildman–Crippen MR) is 46.1 cm³/mol. The Balaban J connectivity index is 2.55. The number of carbonyl (C=O) groups is 1. The summed E-state index contributed by atoms with van der Waals surface area (Å²) in [6.07, 6.45) is 0.194. The highest BCUT2D eigenvalue weighted by molar-refractivity contribution is 9.09. The molecule has 0 radical (unpaired) electrons. The van der Waals surface area contributed by atoms with Crippen LogP contribution in [-0.2, 0) is 0 Å². The van der Waals surface area contributed by atoms with Crippen LogP contribution in [0.4, 0.5) is 4.79 Å². The van der Waals surface area contributed by atoms with E-state index in [0.29, 0.717) is 12.5 Å². The summed E-state index contributed by atoms with van der Waals surface area (Å²) >= 11 is 3.37. The molecule has 0 aromatic carbocycles. The van der Waals surface area contributed by atoms with Crippen LogP contribution in [-0.4, -0.2) is 34.0 Å². The Labute approximate surface area is 74.5 Å². The second-order valence-electron chi connectivity index (χ2n) is 2.92. The van der Waals surface area contributed by atoms with Crippen molar-refractivity contribution in [1.82, 2.24) is 4.90 Å². The molecule has 4 heteroatoms. The Hall–Kier alpha value is -0.250. The zero-order chi connectivity index (χ0) is 8.43. The second kappa shape index (κ2) is 3.43. The highest BCUT2D eigenvalue weighted by Crippen LogP contribution is 2.25. The maximum Gasteiger partial charge on any atom is 0.407 e. The fraction of sp³-hybridized carbons (Fsp3) is 0.857. The van der Waals surface area contributed by atoms with E-state index in [0.717, 1.165) is 11.8 Å². The third-order valence-electron chi connectivity index (χ3n) is 2.36. The van der Waals surface area contributed by atoms with Crippen molar-refractivity contribution in [3.8, 4) is 0 Å². The van der Waals surface area contributed by atoms with Crippen molar-refractivity contribution >= 4 is 22.0 Å². The Morgan fingerprint density at radius 2 is 2.45 bits per heavy atom. The quantitative estimate of drug-likeness (QED) is 0.687. The van der Waals surface area contributed by atoms with Gasteiger partial charge in [-0.2, -0.15) is 0 Å². The lowest BCUT2D eigenvalue weighted by Crippen LogP contribution is -2.34. The fourth-order valence-corrected chi connectivity index (χ4v) is 2.34. The Morgan fingerprint density at radius 3 is 2.73 bits per heavy atom. The van der Waals surface area contributed by atoms with Gasteiger partial charge in [0.25, 0.3) is 0 Å². The first-order valence-electron chi connectivity index (χ1n) is 3.72. The van der Waals surface area contributed by atoms with E-state index >= 15 is 0 Å². The monoisotopic (exact) mass is 221 g/mol. The maximum atomic E-state index is 10.6. The molecule has 0 aromatic heterocycles. The average Bonchev–Trinajstić information content (AvgIpc) is 2.30. The molecule has 1 fully saturated rings. The first-order chi connectivity index (χ1) is 5.16. The van der Waals surface area contributed by atoms with Gasteiger partial charge in [0.15, 0.2) is 0 Å². The maximum absolute atomic E-state index is 10.6. The van der Waals surface area contributed by atoms with Crippen molar-refractivity contribution in [2.24, 2.45) is 5.92 Å². The van der Waals surface area contributed by atoms with Crippen molar-refractivity contribution < 1.29 is 9.90 Å². The minimum Gasteiger partial charge on any atom is -0.465 e. The first-order valence-corrected chi connectivity index (χ1v) is 4.84. The number of rotatable bonds is 1. The van der Waals surface area contributed by atoms with Crippen molar-refractivity contribution in [3.05, 3.63) is 0 Å².